The summed E-state index contributed by atoms with van der Waals surface area (Å²) in [6.07, 6.45) is 3.09. The second kappa shape index (κ2) is 6.05. The number of hydrogen-bond acceptors (Lipinski definition) is 4. The van der Waals surface area contributed by atoms with E-state index < -0.39 is 10.7 Å². The van der Waals surface area contributed by atoms with Crippen LogP contribution in [-0.2, 0) is 4.74 Å². The molecule has 0 radical (unpaired) electrons. The lowest BCUT2D eigenvalue weighted by Gasteiger charge is -2.16. The number of hydrogen-bond donors (Lipinski definition) is 1. The summed E-state index contributed by atoms with van der Waals surface area (Å²) in [5.74, 6) is -0.636. The maximum Gasteiger partial charge on any atom is 0.295 e. The Bertz CT molecular complexity index is 521. The molecule has 1 saturated carbocycles. The van der Waals surface area contributed by atoms with Gasteiger partial charge in [-0.2, -0.15) is 0 Å². The first-order chi connectivity index (χ1) is 9.47. The average molecular weight is 347 g/mol. The van der Waals surface area contributed by atoms with Gasteiger partial charge in [0.1, 0.15) is 11.5 Å². The van der Waals surface area contributed by atoms with Gasteiger partial charge in [0, 0.05) is 20.3 Å². The summed E-state index contributed by atoms with van der Waals surface area (Å²) >= 11 is 3.05. The summed E-state index contributed by atoms with van der Waals surface area (Å²) in [7, 11) is 1.66. The number of nitro benzene ring substituents is 1. The Morgan fingerprint density at radius 1 is 1.55 bits per heavy atom. The van der Waals surface area contributed by atoms with Gasteiger partial charge in [0.15, 0.2) is 0 Å². The van der Waals surface area contributed by atoms with Crippen molar-refractivity contribution in [2.24, 2.45) is 5.41 Å². The van der Waals surface area contributed by atoms with Gasteiger partial charge in [0.25, 0.3) is 5.69 Å². The van der Waals surface area contributed by atoms with Gasteiger partial charge in [0.05, 0.1) is 15.5 Å². The number of benzene rings is 1. The van der Waals surface area contributed by atoms with Crippen LogP contribution in [0.5, 0.6) is 0 Å². The highest BCUT2D eigenvalue weighted by Crippen LogP contribution is 2.49. The van der Waals surface area contributed by atoms with Crippen molar-refractivity contribution >= 4 is 27.3 Å². The molecular formula is C13H16BrFN2O3. The van der Waals surface area contributed by atoms with Gasteiger partial charge in [-0.3, -0.25) is 10.1 Å². The molecule has 1 aliphatic rings. The van der Waals surface area contributed by atoms with Gasteiger partial charge in [-0.1, -0.05) is 0 Å². The van der Waals surface area contributed by atoms with Crippen LogP contribution in [0.15, 0.2) is 16.6 Å². The Hall–Kier alpha value is -1.21. The SMILES string of the molecule is COCCC1(CNc2cc(Br)c(F)cc2[N+](=O)[O-])CC1. The number of methoxy groups -OCH3 is 1. The van der Waals surface area contributed by atoms with E-state index >= 15 is 0 Å². The first kappa shape index (κ1) is 15.2. The first-order valence-electron chi connectivity index (χ1n) is 6.34. The molecule has 2 rings (SSSR count). The highest BCUT2D eigenvalue weighted by molar-refractivity contribution is 9.10. The van der Waals surface area contributed by atoms with E-state index in [-0.39, 0.29) is 15.6 Å². The normalized spacial score (nSPS) is 15.9. The van der Waals surface area contributed by atoms with E-state index in [1.807, 2.05) is 0 Å². The number of nitrogens with zero attached hydrogens (tertiary/aromatic N) is 1. The zero-order chi connectivity index (χ0) is 14.8. The summed E-state index contributed by atoms with van der Waals surface area (Å²) < 4.78 is 18.7. The van der Waals surface area contributed by atoms with Crippen LogP contribution < -0.4 is 5.32 Å². The number of rotatable bonds is 7. The molecule has 0 atom stereocenters. The first-order valence-corrected chi connectivity index (χ1v) is 7.13. The minimum Gasteiger partial charge on any atom is -0.385 e. The molecule has 0 aromatic heterocycles. The van der Waals surface area contributed by atoms with Crippen LogP contribution in [0, 0.1) is 21.3 Å². The third kappa shape index (κ3) is 3.46. The van der Waals surface area contributed by atoms with Crippen LogP contribution in [0.2, 0.25) is 0 Å². The largest absolute Gasteiger partial charge is 0.385 e. The Balaban J connectivity index is 2.09. The molecule has 1 aromatic rings. The van der Waals surface area contributed by atoms with Crippen molar-refractivity contribution in [3.8, 4) is 0 Å². The monoisotopic (exact) mass is 346 g/mol. The van der Waals surface area contributed by atoms with Crippen LogP contribution in [-0.4, -0.2) is 25.2 Å². The van der Waals surface area contributed by atoms with Crippen molar-refractivity contribution in [2.75, 3.05) is 25.6 Å². The zero-order valence-corrected chi connectivity index (χ0v) is 12.7. The molecule has 20 heavy (non-hydrogen) atoms. The molecule has 1 N–H and O–H groups in total. The number of halogens is 2. The molecule has 5 nitrogen and oxygen atoms in total. The quantitative estimate of drug-likeness (QED) is 0.603. The lowest BCUT2D eigenvalue weighted by atomic mass is 10.0. The average Bonchev–Trinajstić information content (AvgIpc) is 3.18. The molecule has 1 aromatic carbocycles. The molecule has 1 fully saturated rings. The predicted molar refractivity (Wildman–Crippen MR) is 77.4 cm³/mol. The Kier molecular flexibility index (Phi) is 4.59. The standard InChI is InChI=1S/C13H16BrFN2O3/c1-20-5-4-13(2-3-13)8-16-11-6-9(14)10(15)7-12(11)17(18)19/h6-7,16H,2-5,8H2,1H3. The maximum absolute atomic E-state index is 13.4. The van der Waals surface area contributed by atoms with Crippen LogP contribution in [0.4, 0.5) is 15.8 Å². The van der Waals surface area contributed by atoms with Crippen molar-refractivity contribution in [1.29, 1.82) is 0 Å². The number of nitro groups is 1. The van der Waals surface area contributed by atoms with Crippen LogP contribution in [0.3, 0.4) is 0 Å². The molecule has 0 aliphatic heterocycles. The summed E-state index contributed by atoms with van der Waals surface area (Å²) in [6, 6.07) is 2.35. The van der Waals surface area contributed by atoms with E-state index in [2.05, 4.69) is 21.2 Å². The van der Waals surface area contributed by atoms with E-state index in [9.17, 15) is 14.5 Å². The molecule has 0 saturated heterocycles. The van der Waals surface area contributed by atoms with Gasteiger partial charge in [0.2, 0.25) is 0 Å². The zero-order valence-electron chi connectivity index (χ0n) is 11.1. The van der Waals surface area contributed by atoms with Crippen LogP contribution in [0.25, 0.3) is 0 Å². The van der Waals surface area contributed by atoms with Gasteiger partial charge in [-0.15, -0.1) is 0 Å². The maximum atomic E-state index is 13.4. The smallest absolute Gasteiger partial charge is 0.295 e. The van der Waals surface area contributed by atoms with Crippen molar-refractivity contribution in [1.82, 2.24) is 0 Å². The van der Waals surface area contributed by atoms with Crippen LogP contribution >= 0.6 is 15.9 Å². The van der Waals surface area contributed by atoms with Crippen LogP contribution in [0.1, 0.15) is 19.3 Å². The number of ether oxygens (including phenoxy) is 1. The highest BCUT2D eigenvalue weighted by atomic mass is 79.9. The fraction of sp³-hybridized carbons (Fsp3) is 0.538. The summed E-state index contributed by atoms with van der Waals surface area (Å²) in [4.78, 5) is 10.4. The molecule has 0 unspecified atom stereocenters. The molecule has 0 heterocycles. The minimum atomic E-state index is -0.636. The Labute approximate surface area is 124 Å². The van der Waals surface area contributed by atoms with Crippen molar-refractivity contribution in [3.63, 3.8) is 0 Å². The predicted octanol–water partition coefficient (Wildman–Crippen LogP) is 3.73. The summed E-state index contributed by atoms with van der Waals surface area (Å²) in [5, 5.41) is 14.0. The number of anilines is 1. The molecule has 7 heteroatoms. The number of nitrogens with one attached hydrogen (secondary N) is 1. The molecule has 0 spiro atoms. The van der Waals surface area contributed by atoms with E-state index in [0.29, 0.717) is 18.8 Å². The molecule has 0 amide bonds. The van der Waals surface area contributed by atoms with Gasteiger partial charge in [-0.25, -0.2) is 4.39 Å². The third-order valence-corrected chi connectivity index (χ3v) is 4.29. The summed E-state index contributed by atoms with van der Waals surface area (Å²) in [5.41, 5.74) is 0.255. The minimum absolute atomic E-state index is 0.157. The fourth-order valence-corrected chi connectivity index (χ4v) is 2.47. The van der Waals surface area contributed by atoms with E-state index in [1.54, 1.807) is 7.11 Å². The highest BCUT2D eigenvalue weighted by Gasteiger charge is 2.42. The lowest BCUT2D eigenvalue weighted by molar-refractivity contribution is -0.384. The molecular weight excluding hydrogens is 331 g/mol. The van der Waals surface area contributed by atoms with Crippen molar-refractivity contribution in [2.45, 2.75) is 19.3 Å². The molecule has 0 bridgehead atoms. The van der Waals surface area contributed by atoms with Gasteiger partial charge < -0.3 is 10.1 Å². The summed E-state index contributed by atoms with van der Waals surface area (Å²) in [6.45, 7) is 1.31. The van der Waals surface area contributed by atoms with Crippen molar-refractivity contribution in [3.05, 3.63) is 32.5 Å². The second-order valence-corrected chi connectivity index (χ2v) is 5.99. The Morgan fingerprint density at radius 2 is 2.25 bits per heavy atom. The van der Waals surface area contributed by atoms with E-state index in [1.165, 1.54) is 6.07 Å². The second-order valence-electron chi connectivity index (χ2n) is 5.14. The molecule has 110 valence electrons. The van der Waals surface area contributed by atoms with Gasteiger partial charge in [-0.05, 0) is 46.7 Å². The molecule has 1 aliphatic carbocycles. The van der Waals surface area contributed by atoms with Crippen molar-refractivity contribution < 1.29 is 14.1 Å². The topological polar surface area (TPSA) is 64.4 Å². The van der Waals surface area contributed by atoms with Gasteiger partial charge >= 0.3 is 0 Å². The Morgan fingerprint density at radius 3 is 2.80 bits per heavy atom. The van der Waals surface area contributed by atoms with E-state index in [0.717, 1.165) is 25.3 Å². The third-order valence-electron chi connectivity index (χ3n) is 3.68. The fourth-order valence-electron chi connectivity index (χ4n) is 2.12. The van der Waals surface area contributed by atoms with E-state index in [4.69, 9.17) is 4.74 Å². The lowest BCUT2D eigenvalue weighted by Crippen LogP contribution is -2.18.